The molecule has 3 nitrogen and oxygen atoms in total. The maximum atomic E-state index is 5.86. The Morgan fingerprint density at radius 3 is 2.94 bits per heavy atom. The topological polar surface area (TPSA) is 29.0 Å². The zero-order valence-electron chi connectivity index (χ0n) is 10.2. The first-order chi connectivity index (χ1) is 8.08. The van der Waals surface area contributed by atoms with Crippen molar-refractivity contribution in [2.45, 2.75) is 38.6 Å². The van der Waals surface area contributed by atoms with E-state index in [1.807, 2.05) is 0 Å². The minimum atomic E-state index is 0.305. The molecule has 1 aromatic heterocycles. The van der Waals surface area contributed by atoms with Crippen LogP contribution < -0.4 is 4.90 Å². The van der Waals surface area contributed by atoms with Crippen molar-refractivity contribution in [1.29, 1.82) is 0 Å². The van der Waals surface area contributed by atoms with E-state index in [-0.39, 0.29) is 0 Å². The van der Waals surface area contributed by atoms with Gasteiger partial charge in [-0.2, -0.15) is 4.98 Å². The molecule has 1 aliphatic carbocycles. The molecule has 5 heteroatoms. The molecular formula is C12H17BrClN3. The summed E-state index contributed by atoms with van der Waals surface area (Å²) in [6.45, 7) is 2.32. The van der Waals surface area contributed by atoms with Crippen LogP contribution in [0.3, 0.4) is 0 Å². The maximum Gasteiger partial charge on any atom is 0.224 e. The van der Waals surface area contributed by atoms with E-state index in [2.05, 4.69) is 44.8 Å². The third-order valence-electron chi connectivity index (χ3n) is 3.49. The third-order valence-corrected chi connectivity index (χ3v) is 4.23. The molecule has 1 aliphatic rings. The van der Waals surface area contributed by atoms with Crippen LogP contribution in [0.5, 0.6) is 0 Å². The van der Waals surface area contributed by atoms with Gasteiger partial charge in [0, 0.05) is 19.3 Å². The molecule has 1 fully saturated rings. The molecule has 0 saturated heterocycles. The molecule has 1 aromatic rings. The van der Waals surface area contributed by atoms with E-state index in [1.165, 1.54) is 25.7 Å². The summed E-state index contributed by atoms with van der Waals surface area (Å²) in [5.74, 6) is 1.69. The van der Waals surface area contributed by atoms with Crippen molar-refractivity contribution in [3.8, 4) is 0 Å². The van der Waals surface area contributed by atoms with Gasteiger partial charge in [-0.1, -0.05) is 19.8 Å². The van der Waals surface area contributed by atoms with Gasteiger partial charge in [-0.15, -0.1) is 0 Å². The molecule has 0 bridgehead atoms. The van der Waals surface area contributed by atoms with Crippen LogP contribution in [-0.4, -0.2) is 23.1 Å². The molecule has 2 atom stereocenters. The highest BCUT2D eigenvalue weighted by molar-refractivity contribution is 9.10. The minimum Gasteiger partial charge on any atom is -0.356 e. The van der Waals surface area contributed by atoms with Gasteiger partial charge in [-0.05, 0) is 46.3 Å². The van der Waals surface area contributed by atoms with Crippen molar-refractivity contribution in [3.63, 3.8) is 0 Å². The van der Waals surface area contributed by atoms with Crippen LogP contribution in [0.25, 0.3) is 0 Å². The second kappa shape index (κ2) is 5.53. The van der Waals surface area contributed by atoms with E-state index >= 15 is 0 Å². The highest BCUT2D eigenvalue weighted by Crippen LogP contribution is 2.32. The smallest absolute Gasteiger partial charge is 0.224 e. The predicted molar refractivity (Wildman–Crippen MR) is 74.6 cm³/mol. The monoisotopic (exact) mass is 317 g/mol. The minimum absolute atomic E-state index is 0.305. The molecule has 0 aliphatic heterocycles. The zero-order valence-corrected chi connectivity index (χ0v) is 12.5. The Labute approximate surface area is 116 Å². The quantitative estimate of drug-likeness (QED) is 0.774. The van der Waals surface area contributed by atoms with Crippen LogP contribution in [0.1, 0.15) is 32.6 Å². The number of anilines is 1. The first-order valence-corrected chi connectivity index (χ1v) is 7.16. The molecule has 17 heavy (non-hydrogen) atoms. The average molecular weight is 319 g/mol. The summed E-state index contributed by atoms with van der Waals surface area (Å²) in [5.41, 5.74) is 0. The lowest BCUT2D eigenvalue weighted by Crippen LogP contribution is -2.36. The van der Waals surface area contributed by atoms with Gasteiger partial charge in [0.05, 0.1) is 4.47 Å². The summed E-state index contributed by atoms with van der Waals surface area (Å²) in [6.07, 6.45) is 6.82. The Balaban J connectivity index is 2.18. The van der Waals surface area contributed by atoms with Crippen LogP contribution in [0.2, 0.25) is 5.28 Å². The van der Waals surface area contributed by atoms with Crippen molar-refractivity contribution in [2.75, 3.05) is 11.9 Å². The van der Waals surface area contributed by atoms with Gasteiger partial charge in [0.25, 0.3) is 0 Å². The standard InChI is InChI=1S/C12H17BrClN3/c1-8-4-3-5-9(6-8)17(2)11-10(13)7-15-12(14)16-11/h7-9H,3-6H2,1-2H3. The number of hydrogen-bond donors (Lipinski definition) is 0. The molecule has 1 saturated carbocycles. The van der Waals surface area contributed by atoms with E-state index in [9.17, 15) is 0 Å². The van der Waals surface area contributed by atoms with Gasteiger partial charge in [-0.25, -0.2) is 4.98 Å². The Morgan fingerprint density at radius 1 is 1.47 bits per heavy atom. The normalized spacial score (nSPS) is 24.7. The van der Waals surface area contributed by atoms with E-state index < -0.39 is 0 Å². The average Bonchev–Trinajstić information content (AvgIpc) is 2.31. The molecule has 0 N–H and O–H groups in total. The molecule has 2 rings (SSSR count). The zero-order chi connectivity index (χ0) is 12.4. The van der Waals surface area contributed by atoms with Gasteiger partial charge < -0.3 is 4.90 Å². The summed E-state index contributed by atoms with van der Waals surface area (Å²) in [7, 11) is 2.09. The lowest BCUT2D eigenvalue weighted by atomic mass is 9.86. The van der Waals surface area contributed by atoms with Gasteiger partial charge >= 0.3 is 0 Å². The molecule has 2 unspecified atom stereocenters. The van der Waals surface area contributed by atoms with Crippen molar-refractivity contribution in [2.24, 2.45) is 5.92 Å². The molecule has 0 amide bonds. The largest absolute Gasteiger partial charge is 0.356 e. The molecule has 1 heterocycles. The van der Waals surface area contributed by atoms with Gasteiger partial charge in [0.15, 0.2) is 0 Å². The van der Waals surface area contributed by atoms with E-state index in [1.54, 1.807) is 6.20 Å². The van der Waals surface area contributed by atoms with Crippen molar-refractivity contribution >= 4 is 33.3 Å². The fourth-order valence-electron chi connectivity index (χ4n) is 2.51. The molecule has 94 valence electrons. The SMILES string of the molecule is CC1CCCC(N(C)c2nc(Cl)ncc2Br)C1. The number of nitrogens with zero attached hydrogens (tertiary/aromatic N) is 3. The Kier molecular flexibility index (Phi) is 4.26. The van der Waals surface area contributed by atoms with E-state index in [0.29, 0.717) is 11.3 Å². The van der Waals surface area contributed by atoms with Crippen LogP contribution in [0.15, 0.2) is 10.7 Å². The predicted octanol–water partition coefficient (Wildman–Crippen LogP) is 3.91. The van der Waals surface area contributed by atoms with Crippen molar-refractivity contribution in [1.82, 2.24) is 9.97 Å². The Hall–Kier alpha value is -0.350. The lowest BCUT2D eigenvalue weighted by Gasteiger charge is -2.35. The molecule has 0 spiro atoms. The fraction of sp³-hybridized carbons (Fsp3) is 0.667. The van der Waals surface area contributed by atoms with Crippen molar-refractivity contribution in [3.05, 3.63) is 16.0 Å². The summed E-state index contributed by atoms with van der Waals surface area (Å²) >= 11 is 9.35. The molecular weight excluding hydrogens is 302 g/mol. The Bertz CT molecular complexity index is 399. The highest BCUT2D eigenvalue weighted by Gasteiger charge is 2.24. The Morgan fingerprint density at radius 2 is 2.24 bits per heavy atom. The summed E-state index contributed by atoms with van der Waals surface area (Å²) < 4.78 is 0.905. The summed E-state index contributed by atoms with van der Waals surface area (Å²) in [4.78, 5) is 10.5. The van der Waals surface area contributed by atoms with Gasteiger partial charge in [0.2, 0.25) is 5.28 Å². The molecule has 0 radical (unpaired) electrons. The number of aromatic nitrogens is 2. The fourth-order valence-corrected chi connectivity index (χ4v) is 3.11. The van der Waals surface area contributed by atoms with Gasteiger partial charge in [0.1, 0.15) is 5.82 Å². The lowest BCUT2D eigenvalue weighted by molar-refractivity contribution is 0.335. The highest BCUT2D eigenvalue weighted by atomic mass is 79.9. The number of halogens is 2. The summed E-state index contributed by atoms with van der Waals surface area (Å²) in [6, 6.07) is 0.556. The van der Waals surface area contributed by atoms with Crippen LogP contribution >= 0.6 is 27.5 Å². The van der Waals surface area contributed by atoms with E-state index in [0.717, 1.165) is 16.2 Å². The van der Waals surface area contributed by atoms with Crippen molar-refractivity contribution < 1.29 is 0 Å². The van der Waals surface area contributed by atoms with Gasteiger partial charge in [-0.3, -0.25) is 0 Å². The first kappa shape index (κ1) is 13.1. The second-order valence-corrected chi connectivity index (χ2v) is 6.04. The molecule has 0 aromatic carbocycles. The van der Waals surface area contributed by atoms with Crippen LogP contribution in [-0.2, 0) is 0 Å². The number of rotatable bonds is 2. The summed E-state index contributed by atoms with van der Waals surface area (Å²) in [5, 5.41) is 0.305. The van der Waals surface area contributed by atoms with E-state index in [4.69, 9.17) is 11.6 Å². The number of hydrogen-bond acceptors (Lipinski definition) is 3. The second-order valence-electron chi connectivity index (χ2n) is 4.85. The van der Waals surface area contributed by atoms with Crippen LogP contribution in [0.4, 0.5) is 5.82 Å². The maximum absolute atomic E-state index is 5.86. The van der Waals surface area contributed by atoms with Crippen LogP contribution in [0, 0.1) is 5.92 Å². The first-order valence-electron chi connectivity index (χ1n) is 5.99. The third kappa shape index (κ3) is 3.10.